The first kappa shape index (κ1) is 20.9. The first-order chi connectivity index (χ1) is 14.9. The summed E-state index contributed by atoms with van der Waals surface area (Å²) in [5, 5.41) is 15.2. The summed E-state index contributed by atoms with van der Waals surface area (Å²) in [7, 11) is 1.39. The number of hydrogen-bond donors (Lipinski definition) is 1. The fraction of sp³-hybridized carbons (Fsp3) is 0.150. The van der Waals surface area contributed by atoms with Gasteiger partial charge in [-0.3, -0.25) is 10.2 Å². The van der Waals surface area contributed by atoms with Crippen molar-refractivity contribution in [3.8, 4) is 11.5 Å². The van der Waals surface area contributed by atoms with Gasteiger partial charge in [0.1, 0.15) is 5.04 Å². The number of rotatable bonds is 5. The lowest BCUT2D eigenvalue weighted by atomic mass is 10.1. The largest absolute Gasteiger partial charge is 0.493 e. The van der Waals surface area contributed by atoms with Crippen LogP contribution in [0.4, 0.5) is 0 Å². The Balaban J connectivity index is 1.66. The maximum absolute atomic E-state index is 12.5. The number of aliphatic imine (C=N–C) groups is 1. The minimum Gasteiger partial charge on any atom is -0.493 e. The SMILES string of the molecule is CCC1=NN2C(=N)/C(=C/c3cc(Cl)c(OC(=O)c4ccco4)c(OC)c3)C(=O)N=C2S1. The topological polar surface area (TPSA) is 118 Å². The molecule has 0 fully saturated rings. The molecule has 2 aliphatic heterocycles. The molecule has 2 aliphatic rings. The van der Waals surface area contributed by atoms with E-state index in [1.54, 1.807) is 6.07 Å². The highest BCUT2D eigenvalue weighted by atomic mass is 35.5. The van der Waals surface area contributed by atoms with E-state index in [2.05, 4.69) is 10.1 Å². The van der Waals surface area contributed by atoms with Crippen molar-refractivity contribution in [1.29, 1.82) is 5.41 Å². The van der Waals surface area contributed by atoms with Gasteiger partial charge in [-0.25, -0.2) is 4.79 Å². The number of carbonyl (C=O) groups is 2. The van der Waals surface area contributed by atoms with Crippen molar-refractivity contribution < 1.29 is 23.5 Å². The molecule has 31 heavy (non-hydrogen) atoms. The third kappa shape index (κ3) is 3.99. The lowest BCUT2D eigenvalue weighted by Gasteiger charge is -2.20. The zero-order valence-electron chi connectivity index (χ0n) is 16.3. The van der Waals surface area contributed by atoms with Gasteiger partial charge in [0.2, 0.25) is 10.9 Å². The van der Waals surface area contributed by atoms with Crippen molar-refractivity contribution in [3.05, 3.63) is 52.4 Å². The molecule has 1 aromatic heterocycles. The van der Waals surface area contributed by atoms with Gasteiger partial charge in [0, 0.05) is 0 Å². The molecule has 0 bridgehead atoms. The summed E-state index contributed by atoms with van der Waals surface area (Å²) in [6, 6.07) is 6.03. The predicted molar refractivity (Wildman–Crippen MR) is 117 cm³/mol. The van der Waals surface area contributed by atoms with Gasteiger partial charge in [-0.1, -0.05) is 18.5 Å². The third-order valence-corrected chi connectivity index (χ3v) is 5.61. The summed E-state index contributed by atoms with van der Waals surface area (Å²) in [6.45, 7) is 1.93. The summed E-state index contributed by atoms with van der Waals surface area (Å²) in [4.78, 5) is 28.7. The van der Waals surface area contributed by atoms with E-state index in [1.807, 2.05) is 6.92 Å². The minimum atomic E-state index is -0.737. The van der Waals surface area contributed by atoms with Crippen molar-refractivity contribution in [3.63, 3.8) is 0 Å². The molecule has 0 unspecified atom stereocenters. The zero-order chi connectivity index (χ0) is 22.1. The highest BCUT2D eigenvalue weighted by Gasteiger charge is 2.35. The van der Waals surface area contributed by atoms with Gasteiger partial charge in [0.15, 0.2) is 17.3 Å². The lowest BCUT2D eigenvalue weighted by molar-refractivity contribution is -0.114. The first-order valence-electron chi connectivity index (χ1n) is 9.03. The van der Waals surface area contributed by atoms with Crippen LogP contribution >= 0.6 is 23.4 Å². The summed E-state index contributed by atoms with van der Waals surface area (Å²) in [6.07, 6.45) is 3.48. The second kappa shape index (κ2) is 8.40. The number of thioether (sulfide) groups is 1. The van der Waals surface area contributed by atoms with Crippen LogP contribution in [0, 0.1) is 5.41 Å². The Labute approximate surface area is 185 Å². The summed E-state index contributed by atoms with van der Waals surface area (Å²) in [5.41, 5.74) is 0.502. The molecule has 158 valence electrons. The minimum absolute atomic E-state index is 0.00574. The Hall–Kier alpha value is -3.37. The predicted octanol–water partition coefficient (Wildman–Crippen LogP) is 4.19. The summed E-state index contributed by atoms with van der Waals surface area (Å²) < 4.78 is 15.6. The van der Waals surface area contributed by atoms with Gasteiger partial charge in [-0.15, -0.1) is 0 Å². The Kier molecular flexibility index (Phi) is 5.66. The molecule has 0 radical (unpaired) electrons. The molecular weight excluding hydrogens is 444 g/mol. The quantitative estimate of drug-likeness (QED) is 0.405. The molecular formula is C20H15ClN4O5S. The van der Waals surface area contributed by atoms with Crippen LogP contribution < -0.4 is 9.47 Å². The summed E-state index contributed by atoms with van der Waals surface area (Å²) >= 11 is 7.58. The van der Waals surface area contributed by atoms with Gasteiger partial charge < -0.3 is 13.9 Å². The van der Waals surface area contributed by atoms with E-state index < -0.39 is 11.9 Å². The van der Waals surface area contributed by atoms with Crippen molar-refractivity contribution in [2.75, 3.05) is 7.11 Å². The number of amidine groups is 2. The van der Waals surface area contributed by atoms with Crippen LogP contribution in [0.25, 0.3) is 6.08 Å². The number of halogens is 1. The molecule has 2 aromatic rings. The van der Waals surface area contributed by atoms with Crippen molar-refractivity contribution in [2.24, 2.45) is 10.1 Å². The Morgan fingerprint density at radius 1 is 1.42 bits per heavy atom. The molecule has 0 spiro atoms. The second-order valence-electron chi connectivity index (χ2n) is 6.27. The van der Waals surface area contributed by atoms with Gasteiger partial charge in [0.25, 0.3) is 5.91 Å². The van der Waals surface area contributed by atoms with Gasteiger partial charge >= 0.3 is 5.97 Å². The third-order valence-electron chi connectivity index (χ3n) is 4.28. The standard InChI is InChI=1S/C20H15ClN4O5S/c1-3-15-24-25-17(22)11(18(26)23-20(25)31-15)7-10-8-12(21)16(14(9-10)28-2)30-19(27)13-5-4-6-29-13/h4-9,22H,3H2,1-2H3/b11-7-,22-17?. The number of ether oxygens (including phenoxy) is 2. The van der Waals surface area contributed by atoms with Gasteiger partial charge in [0.05, 0.1) is 24.0 Å². The fourth-order valence-electron chi connectivity index (χ4n) is 2.80. The van der Waals surface area contributed by atoms with Crippen molar-refractivity contribution in [2.45, 2.75) is 13.3 Å². The number of hydrazone groups is 1. The smallest absolute Gasteiger partial charge is 0.379 e. The van der Waals surface area contributed by atoms with E-state index in [9.17, 15) is 9.59 Å². The molecule has 0 saturated heterocycles. The maximum atomic E-state index is 12.5. The summed E-state index contributed by atoms with van der Waals surface area (Å²) in [5.74, 6) is -1.20. The number of amides is 1. The fourth-order valence-corrected chi connectivity index (χ4v) is 3.88. The first-order valence-corrected chi connectivity index (χ1v) is 10.2. The highest BCUT2D eigenvalue weighted by Crippen LogP contribution is 2.38. The van der Waals surface area contributed by atoms with Crippen molar-refractivity contribution in [1.82, 2.24) is 5.01 Å². The number of benzene rings is 1. The van der Waals surface area contributed by atoms with E-state index >= 15 is 0 Å². The highest BCUT2D eigenvalue weighted by molar-refractivity contribution is 8.26. The Morgan fingerprint density at radius 2 is 2.23 bits per heavy atom. The molecule has 1 N–H and O–H groups in total. The average Bonchev–Trinajstić information content (AvgIpc) is 3.42. The molecule has 1 aromatic carbocycles. The van der Waals surface area contributed by atoms with E-state index in [-0.39, 0.29) is 33.7 Å². The van der Waals surface area contributed by atoms with Crippen LogP contribution in [0.5, 0.6) is 11.5 Å². The van der Waals surface area contributed by atoms with E-state index in [1.165, 1.54) is 54.4 Å². The molecule has 9 nitrogen and oxygen atoms in total. The second-order valence-corrected chi connectivity index (χ2v) is 7.72. The number of esters is 1. The number of methoxy groups -OCH3 is 1. The number of hydrogen-bond acceptors (Lipinski definition) is 8. The molecule has 0 saturated carbocycles. The van der Waals surface area contributed by atoms with Crippen LogP contribution in [0.2, 0.25) is 5.02 Å². The molecule has 3 heterocycles. The monoisotopic (exact) mass is 458 g/mol. The molecule has 0 atom stereocenters. The Bertz CT molecular complexity index is 1190. The van der Waals surface area contributed by atoms with Crippen molar-refractivity contribution >= 4 is 57.4 Å². The van der Waals surface area contributed by atoms with Gasteiger partial charge in [-0.2, -0.15) is 15.1 Å². The number of nitrogens with one attached hydrogen (secondary N) is 1. The number of fused-ring (bicyclic) bond motifs is 1. The normalized spacial score (nSPS) is 16.9. The van der Waals surface area contributed by atoms with Crippen LogP contribution in [-0.4, -0.2) is 40.0 Å². The average molecular weight is 459 g/mol. The zero-order valence-corrected chi connectivity index (χ0v) is 17.9. The Morgan fingerprint density at radius 3 is 2.90 bits per heavy atom. The van der Waals surface area contributed by atoms with E-state index in [0.717, 1.165) is 5.04 Å². The van der Waals surface area contributed by atoms with Crippen LogP contribution in [0.15, 0.2) is 50.6 Å². The van der Waals surface area contributed by atoms with Gasteiger partial charge in [-0.05, 0) is 54.1 Å². The van der Waals surface area contributed by atoms with Crippen LogP contribution in [0.3, 0.4) is 0 Å². The number of carbonyl (C=O) groups excluding carboxylic acids is 2. The van der Waals surface area contributed by atoms with E-state index in [4.69, 9.17) is 30.9 Å². The molecule has 11 heteroatoms. The molecule has 0 aliphatic carbocycles. The molecule has 1 amide bonds. The lowest BCUT2D eigenvalue weighted by Crippen LogP contribution is -2.35. The van der Waals surface area contributed by atoms with Crippen LogP contribution in [-0.2, 0) is 4.79 Å². The molecule has 4 rings (SSSR count). The number of furan rings is 1. The van der Waals surface area contributed by atoms with E-state index in [0.29, 0.717) is 17.2 Å². The maximum Gasteiger partial charge on any atom is 0.379 e. The number of nitrogens with zero attached hydrogens (tertiary/aromatic N) is 3. The van der Waals surface area contributed by atoms with Crippen LogP contribution in [0.1, 0.15) is 29.5 Å².